The van der Waals surface area contributed by atoms with Gasteiger partial charge in [0.1, 0.15) is 0 Å². The summed E-state index contributed by atoms with van der Waals surface area (Å²) < 4.78 is 5.01. The predicted octanol–water partition coefficient (Wildman–Crippen LogP) is 0.810. The van der Waals surface area contributed by atoms with Crippen molar-refractivity contribution in [3.05, 3.63) is 12.7 Å². The van der Waals surface area contributed by atoms with E-state index in [0.717, 1.165) is 12.8 Å². The highest BCUT2D eigenvalue weighted by atomic mass is 16.5. The van der Waals surface area contributed by atoms with Gasteiger partial charge in [-0.25, -0.2) is 0 Å². The van der Waals surface area contributed by atoms with Crippen LogP contribution in [0.1, 0.15) is 19.8 Å². The molecule has 0 aromatic carbocycles. The molecule has 0 radical (unpaired) electrons. The van der Waals surface area contributed by atoms with E-state index in [2.05, 4.69) is 6.58 Å². The number of carbonyl (C=O) groups excluding carboxylic acids is 1. The topological polar surface area (TPSA) is 49.8 Å². The van der Waals surface area contributed by atoms with Gasteiger partial charge in [0, 0.05) is 13.1 Å². The minimum atomic E-state index is -0.237. The fourth-order valence-corrected chi connectivity index (χ4v) is 1.12. The number of aliphatic hydroxyl groups is 1. The number of rotatable bonds is 9. The van der Waals surface area contributed by atoms with Crippen LogP contribution in [0.4, 0.5) is 0 Å². The number of carbonyl (C=O) groups is 1. The zero-order chi connectivity index (χ0) is 11.5. The van der Waals surface area contributed by atoms with Crippen molar-refractivity contribution in [2.24, 2.45) is 0 Å². The quantitative estimate of drug-likeness (QED) is 0.351. The Morgan fingerprint density at radius 3 is 2.87 bits per heavy atom. The van der Waals surface area contributed by atoms with Crippen molar-refractivity contribution >= 4 is 5.97 Å². The van der Waals surface area contributed by atoms with E-state index in [9.17, 15) is 4.79 Å². The maximum absolute atomic E-state index is 11.3. The van der Waals surface area contributed by atoms with E-state index in [0.29, 0.717) is 19.7 Å². The van der Waals surface area contributed by atoms with Gasteiger partial charge in [0.25, 0.3) is 0 Å². The van der Waals surface area contributed by atoms with Crippen LogP contribution in [0.5, 0.6) is 0 Å². The van der Waals surface area contributed by atoms with Crippen LogP contribution in [0.3, 0.4) is 0 Å². The van der Waals surface area contributed by atoms with Crippen LogP contribution >= 0.6 is 0 Å². The molecule has 0 saturated heterocycles. The molecule has 0 atom stereocenters. The second-order valence-electron chi connectivity index (χ2n) is 3.32. The Bertz CT molecular complexity index is 183. The lowest BCUT2D eigenvalue weighted by atomic mass is 10.4. The van der Waals surface area contributed by atoms with Crippen molar-refractivity contribution in [2.75, 3.05) is 32.8 Å². The molecule has 0 rings (SSSR count). The Balaban J connectivity index is 3.72. The van der Waals surface area contributed by atoms with Gasteiger partial charge >= 0.3 is 5.97 Å². The summed E-state index contributed by atoms with van der Waals surface area (Å²) in [6.07, 6.45) is 3.61. The molecule has 0 unspecified atom stereocenters. The summed E-state index contributed by atoms with van der Waals surface area (Å²) in [6, 6.07) is 0. The van der Waals surface area contributed by atoms with Crippen LogP contribution in [0.2, 0.25) is 0 Å². The first-order chi connectivity index (χ1) is 7.24. The predicted molar refractivity (Wildman–Crippen MR) is 59.6 cm³/mol. The molecule has 4 nitrogen and oxygen atoms in total. The summed E-state index contributed by atoms with van der Waals surface area (Å²) in [5.41, 5.74) is 0. The molecule has 0 spiro atoms. The number of hydrogen-bond acceptors (Lipinski definition) is 4. The number of aliphatic hydroxyl groups excluding tert-OH is 1. The third-order valence-corrected chi connectivity index (χ3v) is 1.92. The lowest BCUT2D eigenvalue weighted by Gasteiger charge is -2.17. The fourth-order valence-electron chi connectivity index (χ4n) is 1.12. The normalized spacial score (nSPS) is 10.3. The number of ether oxygens (including phenoxy) is 1. The Labute approximate surface area is 91.5 Å². The number of esters is 1. The summed E-state index contributed by atoms with van der Waals surface area (Å²) in [6.45, 7) is 7.43. The minimum absolute atomic E-state index is 0.0378. The standard InChI is InChI=1S/C11H21NO3/c1-3-5-9-15-11(14)10-12(6-4-2)7-8-13/h4,13H,2-3,5-10H2,1H3. The van der Waals surface area contributed by atoms with E-state index < -0.39 is 0 Å². The Morgan fingerprint density at radius 1 is 1.60 bits per heavy atom. The lowest BCUT2D eigenvalue weighted by Crippen LogP contribution is -2.33. The molecule has 88 valence electrons. The molecular formula is C11H21NO3. The highest BCUT2D eigenvalue weighted by molar-refractivity contribution is 5.71. The summed E-state index contributed by atoms with van der Waals surface area (Å²) in [7, 11) is 0. The summed E-state index contributed by atoms with van der Waals surface area (Å²) in [5.74, 6) is -0.237. The largest absolute Gasteiger partial charge is 0.465 e. The monoisotopic (exact) mass is 215 g/mol. The molecule has 0 aliphatic rings. The van der Waals surface area contributed by atoms with Gasteiger partial charge in [-0.1, -0.05) is 19.4 Å². The molecule has 0 heterocycles. The van der Waals surface area contributed by atoms with Gasteiger partial charge in [-0.15, -0.1) is 6.58 Å². The fraction of sp³-hybridized carbons (Fsp3) is 0.727. The molecule has 0 aliphatic heterocycles. The highest BCUT2D eigenvalue weighted by Crippen LogP contribution is 1.93. The molecule has 0 amide bonds. The first-order valence-electron chi connectivity index (χ1n) is 5.34. The molecule has 15 heavy (non-hydrogen) atoms. The molecule has 0 saturated carbocycles. The van der Waals surface area contributed by atoms with Gasteiger partial charge in [0.2, 0.25) is 0 Å². The van der Waals surface area contributed by atoms with Crippen molar-refractivity contribution in [2.45, 2.75) is 19.8 Å². The molecule has 4 heteroatoms. The molecule has 0 bridgehead atoms. The van der Waals surface area contributed by atoms with E-state index in [-0.39, 0.29) is 19.1 Å². The van der Waals surface area contributed by atoms with Gasteiger partial charge in [0.05, 0.1) is 19.8 Å². The number of hydrogen-bond donors (Lipinski definition) is 1. The Hall–Kier alpha value is -0.870. The van der Waals surface area contributed by atoms with E-state index in [1.807, 2.05) is 6.92 Å². The average Bonchev–Trinajstić information content (AvgIpc) is 2.19. The highest BCUT2D eigenvalue weighted by Gasteiger charge is 2.09. The zero-order valence-corrected chi connectivity index (χ0v) is 9.45. The molecule has 0 aromatic heterocycles. The van der Waals surface area contributed by atoms with Crippen LogP contribution in [-0.2, 0) is 9.53 Å². The van der Waals surface area contributed by atoms with Gasteiger partial charge in [-0.3, -0.25) is 9.69 Å². The molecular weight excluding hydrogens is 194 g/mol. The zero-order valence-electron chi connectivity index (χ0n) is 9.45. The van der Waals surface area contributed by atoms with Gasteiger partial charge < -0.3 is 9.84 Å². The van der Waals surface area contributed by atoms with Crippen LogP contribution < -0.4 is 0 Å². The SMILES string of the molecule is C=CCN(CCO)CC(=O)OCCCC. The van der Waals surface area contributed by atoms with E-state index >= 15 is 0 Å². The summed E-state index contributed by atoms with van der Waals surface area (Å²) in [5, 5.41) is 8.76. The van der Waals surface area contributed by atoms with E-state index in [4.69, 9.17) is 9.84 Å². The maximum Gasteiger partial charge on any atom is 0.320 e. The molecule has 1 N–H and O–H groups in total. The van der Waals surface area contributed by atoms with Crippen LogP contribution in [0.15, 0.2) is 12.7 Å². The smallest absolute Gasteiger partial charge is 0.320 e. The lowest BCUT2D eigenvalue weighted by molar-refractivity contribution is -0.145. The van der Waals surface area contributed by atoms with Crippen molar-refractivity contribution in [1.82, 2.24) is 4.90 Å². The van der Waals surface area contributed by atoms with Crippen LogP contribution in [0, 0.1) is 0 Å². The van der Waals surface area contributed by atoms with Crippen molar-refractivity contribution < 1.29 is 14.6 Å². The first kappa shape index (κ1) is 14.1. The number of nitrogens with zero attached hydrogens (tertiary/aromatic N) is 1. The van der Waals surface area contributed by atoms with E-state index in [1.54, 1.807) is 11.0 Å². The van der Waals surface area contributed by atoms with Crippen molar-refractivity contribution in [3.8, 4) is 0 Å². The van der Waals surface area contributed by atoms with Crippen molar-refractivity contribution in [1.29, 1.82) is 0 Å². The molecule has 0 aromatic rings. The van der Waals surface area contributed by atoms with Gasteiger partial charge in [-0.2, -0.15) is 0 Å². The van der Waals surface area contributed by atoms with Crippen molar-refractivity contribution in [3.63, 3.8) is 0 Å². The maximum atomic E-state index is 11.3. The summed E-state index contributed by atoms with van der Waals surface area (Å²) in [4.78, 5) is 13.1. The van der Waals surface area contributed by atoms with Crippen LogP contribution in [0.25, 0.3) is 0 Å². The average molecular weight is 215 g/mol. The Morgan fingerprint density at radius 2 is 2.33 bits per heavy atom. The Kier molecular flexibility index (Phi) is 9.11. The third-order valence-electron chi connectivity index (χ3n) is 1.92. The van der Waals surface area contributed by atoms with Crippen LogP contribution in [-0.4, -0.2) is 48.8 Å². The second kappa shape index (κ2) is 9.68. The molecule has 0 aliphatic carbocycles. The van der Waals surface area contributed by atoms with E-state index in [1.165, 1.54) is 0 Å². The molecule has 0 fully saturated rings. The van der Waals surface area contributed by atoms with Gasteiger partial charge in [0.15, 0.2) is 0 Å². The summed E-state index contributed by atoms with van der Waals surface area (Å²) >= 11 is 0. The third kappa shape index (κ3) is 8.15. The van der Waals surface area contributed by atoms with Gasteiger partial charge in [-0.05, 0) is 6.42 Å². The minimum Gasteiger partial charge on any atom is -0.465 e. The number of unbranched alkanes of at least 4 members (excludes halogenated alkanes) is 1. The first-order valence-corrected chi connectivity index (χ1v) is 5.34. The second-order valence-corrected chi connectivity index (χ2v) is 3.32.